The molecule has 2 heteroatoms. The number of likely N-dealkylation sites (tertiary alicyclic amines) is 1. The van der Waals surface area contributed by atoms with E-state index in [2.05, 4.69) is 45.2 Å². The molecule has 0 aromatic heterocycles. The fourth-order valence-electron chi connectivity index (χ4n) is 2.33. The Morgan fingerprint density at radius 3 is 2.14 bits per heavy atom. The molecule has 0 aromatic carbocycles. The molecule has 1 heterocycles. The summed E-state index contributed by atoms with van der Waals surface area (Å²) in [5.41, 5.74) is 0.350. The molecule has 1 saturated heterocycles. The standard InChI is InChI=1S/C12H25NS/c1-10-6-5-7-11(2)13(10)8-12(3,4)9-14/h10-11,14H,5-9H2,1-4H3/t10-,11+. The molecule has 14 heavy (non-hydrogen) atoms. The van der Waals surface area contributed by atoms with E-state index >= 15 is 0 Å². The van der Waals surface area contributed by atoms with Gasteiger partial charge in [0.25, 0.3) is 0 Å². The normalized spacial score (nSPS) is 30.6. The topological polar surface area (TPSA) is 3.24 Å². The fraction of sp³-hybridized carbons (Fsp3) is 1.00. The molecule has 0 aromatic rings. The van der Waals surface area contributed by atoms with Crippen molar-refractivity contribution in [3.8, 4) is 0 Å². The lowest BCUT2D eigenvalue weighted by Crippen LogP contribution is -2.48. The van der Waals surface area contributed by atoms with Crippen LogP contribution in [0.15, 0.2) is 0 Å². The second-order valence-corrected chi connectivity index (χ2v) is 5.94. The highest BCUT2D eigenvalue weighted by Crippen LogP contribution is 2.27. The van der Waals surface area contributed by atoms with Crippen LogP contribution >= 0.6 is 12.6 Å². The van der Waals surface area contributed by atoms with Crippen LogP contribution in [0.2, 0.25) is 0 Å². The largest absolute Gasteiger partial charge is 0.297 e. The van der Waals surface area contributed by atoms with Crippen LogP contribution in [0.25, 0.3) is 0 Å². The third-order valence-corrected chi connectivity index (χ3v) is 4.27. The summed E-state index contributed by atoms with van der Waals surface area (Å²) in [5.74, 6) is 0.975. The minimum absolute atomic E-state index is 0.350. The molecular formula is C12H25NS. The zero-order valence-corrected chi connectivity index (χ0v) is 11.0. The van der Waals surface area contributed by atoms with E-state index in [-0.39, 0.29) is 0 Å². The molecule has 0 spiro atoms. The van der Waals surface area contributed by atoms with Crippen molar-refractivity contribution >= 4 is 12.6 Å². The Morgan fingerprint density at radius 2 is 1.71 bits per heavy atom. The van der Waals surface area contributed by atoms with Gasteiger partial charge in [0.2, 0.25) is 0 Å². The summed E-state index contributed by atoms with van der Waals surface area (Å²) in [6, 6.07) is 1.52. The van der Waals surface area contributed by atoms with Crippen LogP contribution < -0.4 is 0 Å². The van der Waals surface area contributed by atoms with Gasteiger partial charge in [-0.2, -0.15) is 12.6 Å². The number of rotatable bonds is 3. The summed E-state index contributed by atoms with van der Waals surface area (Å²) < 4.78 is 0. The summed E-state index contributed by atoms with van der Waals surface area (Å²) >= 11 is 4.43. The average molecular weight is 215 g/mol. The van der Waals surface area contributed by atoms with Gasteiger partial charge in [-0.15, -0.1) is 0 Å². The van der Waals surface area contributed by atoms with Crippen molar-refractivity contribution in [1.29, 1.82) is 0 Å². The summed E-state index contributed by atoms with van der Waals surface area (Å²) in [7, 11) is 0. The molecule has 0 amide bonds. The highest BCUT2D eigenvalue weighted by atomic mass is 32.1. The van der Waals surface area contributed by atoms with E-state index in [9.17, 15) is 0 Å². The molecule has 84 valence electrons. The van der Waals surface area contributed by atoms with E-state index < -0.39 is 0 Å². The number of thiol groups is 1. The van der Waals surface area contributed by atoms with E-state index in [0.29, 0.717) is 5.41 Å². The van der Waals surface area contributed by atoms with Gasteiger partial charge in [-0.3, -0.25) is 4.90 Å². The third kappa shape index (κ3) is 3.16. The highest BCUT2D eigenvalue weighted by molar-refractivity contribution is 7.80. The van der Waals surface area contributed by atoms with Crippen molar-refractivity contribution in [2.75, 3.05) is 12.3 Å². The van der Waals surface area contributed by atoms with Crippen LogP contribution in [0.4, 0.5) is 0 Å². The maximum atomic E-state index is 4.43. The van der Waals surface area contributed by atoms with E-state index in [4.69, 9.17) is 0 Å². The highest BCUT2D eigenvalue weighted by Gasteiger charge is 2.29. The molecule has 1 aliphatic rings. The lowest BCUT2D eigenvalue weighted by molar-refractivity contribution is 0.0678. The first-order valence-electron chi connectivity index (χ1n) is 5.83. The molecule has 1 aliphatic heterocycles. The SMILES string of the molecule is C[C@@H]1CCC[C@H](C)N1CC(C)(C)CS. The average Bonchev–Trinajstić information content (AvgIpc) is 2.12. The van der Waals surface area contributed by atoms with Gasteiger partial charge in [0, 0.05) is 18.6 Å². The quantitative estimate of drug-likeness (QED) is 0.708. The molecular weight excluding hydrogens is 190 g/mol. The Balaban J connectivity index is 2.56. The van der Waals surface area contributed by atoms with E-state index in [1.54, 1.807) is 0 Å². The van der Waals surface area contributed by atoms with E-state index in [1.807, 2.05) is 0 Å². The third-order valence-electron chi connectivity index (χ3n) is 3.41. The zero-order chi connectivity index (χ0) is 10.8. The fourth-order valence-corrected chi connectivity index (χ4v) is 2.43. The van der Waals surface area contributed by atoms with Crippen LogP contribution in [0.5, 0.6) is 0 Å². The van der Waals surface area contributed by atoms with Gasteiger partial charge in [-0.05, 0) is 37.9 Å². The van der Waals surface area contributed by atoms with Crippen molar-refractivity contribution < 1.29 is 0 Å². The van der Waals surface area contributed by atoms with Gasteiger partial charge in [0.05, 0.1) is 0 Å². The minimum atomic E-state index is 0.350. The molecule has 0 aliphatic carbocycles. The predicted octanol–water partition coefficient (Wildman–Crippen LogP) is 3.21. The number of hydrogen-bond acceptors (Lipinski definition) is 2. The van der Waals surface area contributed by atoms with Crippen LogP contribution in [0.3, 0.4) is 0 Å². The molecule has 0 bridgehead atoms. The second kappa shape index (κ2) is 4.89. The minimum Gasteiger partial charge on any atom is -0.297 e. The summed E-state index contributed by atoms with van der Waals surface area (Å²) in [5, 5.41) is 0. The molecule has 1 rings (SSSR count). The summed E-state index contributed by atoms with van der Waals surface area (Å²) in [6.07, 6.45) is 4.14. The monoisotopic (exact) mass is 215 g/mol. The van der Waals surface area contributed by atoms with E-state index in [0.717, 1.165) is 17.8 Å². The van der Waals surface area contributed by atoms with Crippen molar-refractivity contribution in [3.63, 3.8) is 0 Å². The molecule has 0 unspecified atom stereocenters. The molecule has 0 N–H and O–H groups in total. The van der Waals surface area contributed by atoms with Crippen LogP contribution in [0, 0.1) is 5.41 Å². The van der Waals surface area contributed by atoms with Gasteiger partial charge in [-0.1, -0.05) is 20.3 Å². The molecule has 1 fully saturated rings. The maximum absolute atomic E-state index is 4.43. The summed E-state index contributed by atoms with van der Waals surface area (Å²) in [4.78, 5) is 2.67. The van der Waals surface area contributed by atoms with Crippen molar-refractivity contribution in [2.45, 2.75) is 59.0 Å². The van der Waals surface area contributed by atoms with E-state index in [1.165, 1.54) is 25.8 Å². The smallest absolute Gasteiger partial charge is 0.00699 e. The molecule has 0 radical (unpaired) electrons. The van der Waals surface area contributed by atoms with Gasteiger partial charge in [0.15, 0.2) is 0 Å². The van der Waals surface area contributed by atoms with Crippen molar-refractivity contribution in [2.24, 2.45) is 5.41 Å². The Labute approximate surface area is 94.7 Å². The summed E-state index contributed by atoms with van der Waals surface area (Å²) in [6.45, 7) is 10.6. The predicted molar refractivity (Wildman–Crippen MR) is 67.1 cm³/mol. The first kappa shape index (κ1) is 12.4. The Bertz CT molecular complexity index is 169. The zero-order valence-electron chi connectivity index (χ0n) is 10.1. The van der Waals surface area contributed by atoms with Gasteiger partial charge in [-0.25, -0.2) is 0 Å². The molecule has 0 saturated carbocycles. The lowest BCUT2D eigenvalue weighted by Gasteiger charge is -2.43. The molecule has 2 atom stereocenters. The Hall–Kier alpha value is 0.310. The first-order valence-corrected chi connectivity index (χ1v) is 6.46. The number of piperidine rings is 1. The Kier molecular flexibility index (Phi) is 4.32. The van der Waals surface area contributed by atoms with Crippen LogP contribution in [0.1, 0.15) is 47.0 Å². The van der Waals surface area contributed by atoms with Gasteiger partial charge >= 0.3 is 0 Å². The van der Waals surface area contributed by atoms with Gasteiger partial charge in [0.1, 0.15) is 0 Å². The first-order chi connectivity index (χ1) is 6.46. The number of nitrogens with zero attached hydrogens (tertiary/aromatic N) is 1. The van der Waals surface area contributed by atoms with Crippen molar-refractivity contribution in [1.82, 2.24) is 4.90 Å². The number of hydrogen-bond donors (Lipinski definition) is 1. The van der Waals surface area contributed by atoms with Gasteiger partial charge < -0.3 is 0 Å². The van der Waals surface area contributed by atoms with Crippen LogP contribution in [-0.4, -0.2) is 29.3 Å². The molecule has 1 nitrogen and oxygen atoms in total. The van der Waals surface area contributed by atoms with Crippen LogP contribution in [-0.2, 0) is 0 Å². The Morgan fingerprint density at radius 1 is 1.21 bits per heavy atom. The second-order valence-electron chi connectivity index (χ2n) is 5.62. The lowest BCUT2D eigenvalue weighted by atomic mass is 9.90. The van der Waals surface area contributed by atoms with Crippen molar-refractivity contribution in [3.05, 3.63) is 0 Å². The maximum Gasteiger partial charge on any atom is 0.00699 e.